The van der Waals surface area contributed by atoms with Gasteiger partial charge in [-0.15, -0.1) is 0 Å². The molecule has 0 aliphatic carbocycles. The van der Waals surface area contributed by atoms with E-state index in [0.29, 0.717) is 0 Å². The lowest BCUT2D eigenvalue weighted by molar-refractivity contribution is 0.603. The molecule has 0 N–H and O–H groups in total. The summed E-state index contributed by atoms with van der Waals surface area (Å²) >= 11 is 0. The number of rotatable bonds is 3. The Bertz CT molecular complexity index is 870. The van der Waals surface area contributed by atoms with Crippen molar-refractivity contribution < 1.29 is 8.42 Å². The van der Waals surface area contributed by atoms with Gasteiger partial charge in [0.15, 0.2) is 0 Å². The molecule has 4 heteroatoms. The Morgan fingerprint density at radius 1 is 1.00 bits per heavy atom. The van der Waals surface area contributed by atoms with Gasteiger partial charge < -0.3 is 0 Å². The zero-order valence-corrected chi connectivity index (χ0v) is 13.6. The van der Waals surface area contributed by atoms with Crippen molar-refractivity contribution in [1.29, 1.82) is 5.26 Å². The SMILES string of the molecule is Cc1ccc(S(=O)(=O)C(C#N)=Cc2ccc(C)cc2C)cc1. The summed E-state index contributed by atoms with van der Waals surface area (Å²) in [4.78, 5) is -0.112. The second-order valence-electron chi connectivity index (χ2n) is 5.30. The Morgan fingerprint density at radius 2 is 1.59 bits per heavy atom. The van der Waals surface area contributed by atoms with Crippen LogP contribution in [0.2, 0.25) is 0 Å². The summed E-state index contributed by atoms with van der Waals surface area (Å²) in [5, 5.41) is 9.29. The summed E-state index contributed by atoms with van der Waals surface area (Å²) < 4.78 is 25.1. The molecule has 0 amide bonds. The van der Waals surface area contributed by atoms with Crippen molar-refractivity contribution in [3.63, 3.8) is 0 Å². The fraction of sp³-hybridized carbons (Fsp3) is 0.167. The van der Waals surface area contributed by atoms with Gasteiger partial charge in [-0.3, -0.25) is 0 Å². The van der Waals surface area contributed by atoms with Crippen LogP contribution in [0.3, 0.4) is 0 Å². The first-order valence-corrected chi connectivity index (χ1v) is 8.34. The van der Waals surface area contributed by atoms with Crippen molar-refractivity contribution in [3.05, 3.63) is 69.6 Å². The van der Waals surface area contributed by atoms with E-state index in [0.717, 1.165) is 22.3 Å². The fourth-order valence-electron chi connectivity index (χ4n) is 2.14. The highest BCUT2D eigenvalue weighted by Crippen LogP contribution is 2.23. The largest absolute Gasteiger partial charge is 0.218 e. The zero-order chi connectivity index (χ0) is 16.3. The van der Waals surface area contributed by atoms with Crippen LogP contribution >= 0.6 is 0 Å². The normalized spacial score (nSPS) is 12.0. The van der Waals surface area contributed by atoms with Crippen LogP contribution in [0.5, 0.6) is 0 Å². The van der Waals surface area contributed by atoms with Gasteiger partial charge in [-0.25, -0.2) is 8.42 Å². The predicted molar refractivity (Wildman–Crippen MR) is 87.9 cm³/mol. The molecule has 0 fully saturated rings. The van der Waals surface area contributed by atoms with Gasteiger partial charge in [-0.2, -0.15) is 5.26 Å². The van der Waals surface area contributed by atoms with E-state index in [1.807, 2.05) is 45.0 Å². The minimum atomic E-state index is -3.79. The molecule has 22 heavy (non-hydrogen) atoms. The standard InChI is InChI=1S/C18H17NO2S/c1-13-5-8-17(9-6-13)22(20,21)18(12-19)11-16-7-4-14(2)10-15(16)3/h4-11H,1-3H3. The predicted octanol–water partition coefficient (Wildman–Crippen LogP) is 3.95. The molecule has 0 aliphatic rings. The van der Waals surface area contributed by atoms with E-state index in [1.165, 1.54) is 18.2 Å². The van der Waals surface area contributed by atoms with E-state index < -0.39 is 9.84 Å². The first-order chi connectivity index (χ1) is 10.3. The fourth-order valence-corrected chi connectivity index (χ4v) is 3.29. The third kappa shape index (κ3) is 3.26. The molecule has 0 saturated carbocycles. The van der Waals surface area contributed by atoms with Gasteiger partial charge in [-0.05, 0) is 50.1 Å². The van der Waals surface area contributed by atoms with Gasteiger partial charge in [0.25, 0.3) is 0 Å². The van der Waals surface area contributed by atoms with Crippen LogP contribution in [-0.2, 0) is 9.84 Å². The van der Waals surface area contributed by atoms with E-state index in [2.05, 4.69) is 0 Å². The summed E-state index contributed by atoms with van der Waals surface area (Å²) in [5.74, 6) is 0. The molecule has 2 aromatic carbocycles. The highest BCUT2D eigenvalue weighted by molar-refractivity contribution is 7.95. The lowest BCUT2D eigenvalue weighted by Crippen LogP contribution is -2.03. The average Bonchev–Trinajstić information content (AvgIpc) is 2.46. The van der Waals surface area contributed by atoms with Crippen LogP contribution in [0, 0.1) is 32.1 Å². The number of benzene rings is 2. The van der Waals surface area contributed by atoms with Gasteiger partial charge in [0.1, 0.15) is 11.0 Å². The van der Waals surface area contributed by atoms with Gasteiger partial charge in [0, 0.05) is 0 Å². The molecule has 0 atom stereocenters. The summed E-state index contributed by atoms with van der Waals surface area (Å²) in [7, 11) is -3.79. The van der Waals surface area contributed by atoms with Gasteiger partial charge in [-0.1, -0.05) is 41.5 Å². The van der Waals surface area contributed by atoms with Crippen molar-refractivity contribution in [2.24, 2.45) is 0 Å². The van der Waals surface area contributed by atoms with Gasteiger partial charge >= 0.3 is 0 Å². The minimum Gasteiger partial charge on any atom is -0.218 e. The maximum absolute atomic E-state index is 12.6. The van der Waals surface area contributed by atoms with Crippen molar-refractivity contribution in [3.8, 4) is 6.07 Å². The van der Waals surface area contributed by atoms with Crippen LogP contribution < -0.4 is 0 Å². The molecule has 0 radical (unpaired) electrons. The zero-order valence-electron chi connectivity index (χ0n) is 12.8. The van der Waals surface area contributed by atoms with Crippen molar-refractivity contribution in [2.45, 2.75) is 25.7 Å². The molecule has 0 unspecified atom stereocenters. The van der Waals surface area contributed by atoms with Crippen LogP contribution in [0.25, 0.3) is 6.08 Å². The Hall–Kier alpha value is -2.38. The number of nitrogens with zero attached hydrogens (tertiary/aromatic N) is 1. The van der Waals surface area contributed by atoms with Crippen LogP contribution in [0.4, 0.5) is 0 Å². The minimum absolute atomic E-state index is 0.135. The smallest absolute Gasteiger partial charge is 0.216 e. The van der Waals surface area contributed by atoms with Crippen molar-refractivity contribution in [2.75, 3.05) is 0 Å². The van der Waals surface area contributed by atoms with Crippen LogP contribution in [0.1, 0.15) is 22.3 Å². The summed E-state index contributed by atoms with van der Waals surface area (Å²) in [6, 6.07) is 14.0. The number of hydrogen-bond acceptors (Lipinski definition) is 3. The summed E-state index contributed by atoms with van der Waals surface area (Å²) in [6.45, 7) is 5.74. The molecule has 0 spiro atoms. The molecule has 2 aromatic rings. The molecular weight excluding hydrogens is 294 g/mol. The lowest BCUT2D eigenvalue weighted by atomic mass is 10.1. The lowest BCUT2D eigenvalue weighted by Gasteiger charge is -2.06. The second-order valence-corrected chi connectivity index (χ2v) is 7.22. The first kappa shape index (κ1) is 16.0. The number of sulfone groups is 1. The third-order valence-electron chi connectivity index (χ3n) is 3.44. The number of hydrogen-bond donors (Lipinski definition) is 0. The van der Waals surface area contributed by atoms with E-state index >= 15 is 0 Å². The average molecular weight is 311 g/mol. The molecule has 0 aromatic heterocycles. The molecule has 112 valence electrons. The number of nitriles is 1. The highest BCUT2D eigenvalue weighted by Gasteiger charge is 2.20. The quantitative estimate of drug-likeness (QED) is 0.806. The Labute approximate surface area is 131 Å². The second kappa shape index (κ2) is 6.17. The number of allylic oxidation sites excluding steroid dienone is 1. The van der Waals surface area contributed by atoms with Crippen LogP contribution in [-0.4, -0.2) is 8.42 Å². The van der Waals surface area contributed by atoms with E-state index in [9.17, 15) is 13.7 Å². The number of aryl methyl sites for hydroxylation is 3. The monoisotopic (exact) mass is 311 g/mol. The van der Waals surface area contributed by atoms with Gasteiger partial charge in [0.2, 0.25) is 9.84 Å². The molecule has 0 saturated heterocycles. The van der Waals surface area contributed by atoms with E-state index in [-0.39, 0.29) is 9.80 Å². The Balaban J connectivity index is 2.53. The molecule has 0 bridgehead atoms. The molecular formula is C18H17NO2S. The third-order valence-corrected chi connectivity index (χ3v) is 5.12. The maximum Gasteiger partial charge on any atom is 0.216 e. The summed E-state index contributed by atoms with van der Waals surface area (Å²) in [5.41, 5.74) is 3.73. The van der Waals surface area contributed by atoms with Crippen molar-refractivity contribution in [1.82, 2.24) is 0 Å². The van der Waals surface area contributed by atoms with E-state index in [1.54, 1.807) is 12.1 Å². The Kier molecular flexibility index (Phi) is 4.48. The van der Waals surface area contributed by atoms with Crippen molar-refractivity contribution >= 4 is 15.9 Å². The molecule has 0 heterocycles. The maximum atomic E-state index is 12.6. The van der Waals surface area contributed by atoms with E-state index in [4.69, 9.17) is 0 Å². The first-order valence-electron chi connectivity index (χ1n) is 6.85. The Morgan fingerprint density at radius 3 is 2.14 bits per heavy atom. The van der Waals surface area contributed by atoms with Gasteiger partial charge in [0.05, 0.1) is 4.90 Å². The highest BCUT2D eigenvalue weighted by atomic mass is 32.2. The molecule has 3 nitrogen and oxygen atoms in total. The topological polar surface area (TPSA) is 57.9 Å². The van der Waals surface area contributed by atoms with Crippen LogP contribution in [0.15, 0.2) is 52.3 Å². The summed E-state index contributed by atoms with van der Waals surface area (Å²) in [6.07, 6.45) is 1.43. The molecule has 2 rings (SSSR count). The molecule has 0 aliphatic heterocycles.